The first-order valence-electron chi connectivity index (χ1n) is 8.73. The van der Waals surface area contributed by atoms with Crippen molar-refractivity contribution in [2.45, 2.75) is 37.7 Å². The second kappa shape index (κ2) is 9.73. The number of esters is 1. The standard InChI is InChI=1S/C21H24O5/c22-19(23)21(25,15-7-13-17-9-3-1-4-10-17)20(24)26-16-8-14-18-11-5-2-6-12-18/h1-6,9-12,25H,7-8,13-16H2,(H,22,23). The minimum absolute atomic E-state index is 0.0714. The van der Waals surface area contributed by atoms with Gasteiger partial charge in [-0.15, -0.1) is 0 Å². The second-order valence-corrected chi connectivity index (χ2v) is 6.23. The fourth-order valence-electron chi connectivity index (χ4n) is 2.69. The first-order chi connectivity index (χ1) is 12.5. The van der Waals surface area contributed by atoms with Crippen molar-refractivity contribution in [2.24, 2.45) is 0 Å². The Bertz CT molecular complexity index is 699. The molecule has 2 rings (SSSR count). The average Bonchev–Trinajstić information content (AvgIpc) is 2.66. The molecular weight excluding hydrogens is 332 g/mol. The van der Waals surface area contributed by atoms with Gasteiger partial charge >= 0.3 is 11.9 Å². The Morgan fingerprint density at radius 1 is 0.846 bits per heavy atom. The summed E-state index contributed by atoms with van der Waals surface area (Å²) < 4.78 is 5.02. The number of carbonyl (C=O) groups is 2. The van der Waals surface area contributed by atoms with Gasteiger partial charge in [-0.05, 0) is 43.2 Å². The molecule has 0 saturated heterocycles. The zero-order chi connectivity index (χ0) is 18.8. The van der Waals surface area contributed by atoms with Crippen molar-refractivity contribution in [2.75, 3.05) is 6.61 Å². The summed E-state index contributed by atoms with van der Waals surface area (Å²) in [5.41, 5.74) is -0.363. The molecule has 0 aliphatic heterocycles. The predicted octanol–water partition coefficient (Wildman–Crippen LogP) is 3.00. The van der Waals surface area contributed by atoms with Crippen molar-refractivity contribution >= 4 is 11.9 Å². The minimum Gasteiger partial charge on any atom is -0.479 e. The highest BCUT2D eigenvalue weighted by atomic mass is 16.6. The molecule has 2 aromatic rings. The molecule has 0 aromatic heterocycles. The van der Waals surface area contributed by atoms with Crippen LogP contribution in [0.15, 0.2) is 60.7 Å². The van der Waals surface area contributed by atoms with Gasteiger partial charge in [0.05, 0.1) is 6.61 Å². The van der Waals surface area contributed by atoms with E-state index in [-0.39, 0.29) is 13.0 Å². The van der Waals surface area contributed by atoms with Crippen LogP contribution in [-0.4, -0.2) is 34.4 Å². The van der Waals surface area contributed by atoms with Crippen LogP contribution in [0.25, 0.3) is 0 Å². The molecule has 0 spiro atoms. The number of carbonyl (C=O) groups excluding carboxylic acids is 1. The topological polar surface area (TPSA) is 83.8 Å². The molecule has 0 amide bonds. The summed E-state index contributed by atoms with van der Waals surface area (Å²) >= 11 is 0. The molecule has 0 radical (unpaired) electrons. The van der Waals surface area contributed by atoms with Crippen molar-refractivity contribution in [3.63, 3.8) is 0 Å². The Balaban J connectivity index is 1.80. The highest BCUT2D eigenvalue weighted by Crippen LogP contribution is 2.18. The maximum Gasteiger partial charge on any atom is 0.350 e. The number of carboxylic acids is 1. The molecule has 0 bridgehead atoms. The summed E-state index contributed by atoms with van der Waals surface area (Å²) in [5.74, 6) is -2.66. The van der Waals surface area contributed by atoms with Crippen LogP contribution >= 0.6 is 0 Å². The summed E-state index contributed by atoms with van der Waals surface area (Å²) in [5, 5.41) is 19.6. The van der Waals surface area contributed by atoms with Crippen LogP contribution in [0.5, 0.6) is 0 Å². The molecule has 0 saturated carbocycles. The Hall–Kier alpha value is -2.66. The van der Waals surface area contributed by atoms with Gasteiger partial charge < -0.3 is 14.9 Å². The quantitative estimate of drug-likeness (QED) is 0.388. The molecule has 5 heteroatoms. The molecule has 1 atom stereocenters. The Labute approximate surface area is 153 Å². The molecule has 1 unspecified atom stereocenters. The van der Waals surface area contributed by atoms with Crippen molar-refractivity contribution in [1.82, 2.24) is 0 Å². The van der Waals surface area contributed by atoms with Crippen LogP contribution in [-0.2, 0) is 27.2 Å². The number of aliphatic carboxylic acids is 1. The van der Waals surface area contributed by atoms with Crippen LogP contribution in [0.1, 0.15) is 30.4 Å². The highest BCUT2D eigenvalue weighted by Gasteiger charge is 2.45. The van der Waals surface area contributed by atoms with Gasteiger partial charge in [0.1, 0.15) is 0 Å². The Kier molecular flexibility index (Phi) is 7.36. The molecule has 5 nitrogen and oxygen atoms in total. The van der Waals surface area contributed by atoms with E-state index in [1.165, 1.54) is 0 Å². The van der Waals surface area contributed by atoms with Gasteiger partial charge in [-0.2, -0.15) is 0 Å². The van der Waals surface area contributed by atoms with Crippen LogP contribution in [0, 0.1) is 0 Å². The maximum absolute atomic E-state index is 12.1. The summed E-state index contributed by atoms with van der Waals surface area (Å²) in [7, 11) is 0. The van der Waals surface area contributed by atoms with Gasteiger partial charge in [-0.3, -0.25) is 0 Å². The number of carboxylic acid groups (broad SMARTS) is 1. The number of aliphatic hydroxyl groups is 1. The molecule has 138 valence electrons. The molecule has 26 heavy (non-hydrogen) atoms. The summed E-state index contributed by atoms with van der Waals surface area (Å²) in [6.45, 7) is 0.0714. The molecule has 0 aliphatic rings. The monoisotopic (exact) mass is 356 g/mol. The van der Waals surface area contributed by atoms with E-state index in [1.807, 2.05) is 60.7 Å². The van der Waals surface area contributed by atoms with Crippen LogP contribution in [0.2, 0.25) is 0 Å². The van der Waals surface area contributed by atoms with E-state index in [0.29, 0.717) is 25.7 Å². The lowest BCUT2D eigenvalue weighted by Crippen LogP contribution is -2.48. The van der Waals surface area contributed by atoms with Gasteiger partial charge in [0.15, 0.2) is 0 Å². The number of rotatable bonds is 10. The number of hydrogen-bond acceptors (Lipinski definition) is 4. The lowest BCUT2D eigenvalue weighted by atomic mass is 9.95. The number of benzene rings is 2. The maximum atomic E-state index is 12.1. The van der Waals surface area contributed by atoms with Gasteiger partial charge in [0.2, 0.25) is 0 Å². The van der Waals surface area contributed by atoms with Crippen LogP contribution < -0.4 is 0 Å². The lowest BCUT2D eigenvalue weighted by Gasteiger charge is -2.21. The number of ether oxygens (including phenoxy) is 1. The zero-order valence-electron chi connectivity index (χ0n) is 14.6. The minimum atomic E-state index is -2.50. The third-order valence-corrected chi connectivity index (χ3v) is 4.22. The van der Waals surface area contributed by atoms with Gasteiger partial charge in [0, 0.05) is 0 Å². The van der Waals surface area contributed by atoms with Gasteiger partial charge in [-0.1, -0.05) is 60.7 Å². The van der Waals surface area contributed by atoms with E-state index in [0.717, 1.165) is 11.1 Å². The molecule has 0 heterocycles. The largest absolute Gasteiger partial charge is 0.479 e. The molecule has 0 fully saturated rings. The molecule has 0 aliphatic carbocycles. The summed E-state index contributed by atoms with van der Waals surface area (Å²) in [4.78, 5) is 23.5. The highest BCUT2D eigenvalue weighted by molar-refractivity contribution is 6.02. The summed E-state index contributed by atoms with van der Waals surface area (Å²) in [6, 6.07) is 19.2. The Morgan fingerprint density at radius 2 is 1.35 bits per heavy atom. The van der Waals surface area contributed by atoms with E-state index < -0.39 is 17.5 Å². The fourth-order valence-corrected chi connectivity index (χ4v) is 2.69. The van der Waals surface area contributed by atoms with Crippen molar-refractivity contribution < 1.29 is 24.5 Å². The van der Waals surface area contributed by atoms with Gasteiger partial charge in [-0.25, -0.2) is 9.59 Å². The van der Waals surface area contributed by atoms with E-state index >= 15 is 0 Å². The van der Waals surface area contributed by atoms with Crippen molar-refractivity contribution in [3.8, 4) is 0 Å². The van der Waals surface area contributed by atoms with E-state index in [1.54, 1.807) is 0 Å². The zero-order valence-corrected chi connectivity index (χ0v) is 14.6. The molecular formula is C21H24O5. The smallest absolute Gasteiger partial charge is 0.350 e. The Morgan fingerprint density at radius 3 is 1.85 bits per heavy atom. The summed E-state index contributed by atoms with van der Waals surface area (Å²) in [6.07, 6.45) is 2.04. The van der Waals surface area contributed by atoms with Crippen molar-refractivity contribution in [1.29, 1.82) is 0 Å². The predicted molar refractivity (Wildman–Crippen MR) is 97.7 cm³/mol. The van der Waals surface area contributed by atoms with Crippen LogP contribution in [0.3, 0.4) is 0 Å². The fraction of sp³-hybridized carbons (Fsp3) is 0.333. The van der Waals surface area contributed by atoms with E-state index in [9.17, 15) is 19.8 Å². The van der Waals surface area contributed by atoms with Gasteiger partial charge in [0.25, 0.3) is 5.60 Å². The second-order valence-electron chi connectivity index (χ2n) is 6.23. The van der Waals surface area contributed by atoms with Crippen molar-refractivity contribution in [3.05, 3.63) is 71.8 Å². The van der Waals surface area contributed by atoms with E-state index in [4.69, 9.17) is 4.74 Å². The third-order valence-electron chi connectivity index (χ3n) is 4.22. The lowest BCUT2D eigenvalue weighted by molar-refractivity contribution is -0.181. The van der Waals surface area contributed by atoms with E-state index in [2.05, 4.69) is 0 Å². The SMILES string of the molecule is O=C(O)C(O)(CCCc1ccccc1)C(=O)OCCCc1ccccc1. The normalized spacial score (nSPS) is 13.0. The first-order valence-corrected chi connectivity index (χ1v) is 8.73. The van der Waals surface area contributed by atoms with Crippen LogP contribution in [0.4, 0.5) is 0 Å². The molecule has 2 aromatic carbocycles. The third kappa shape index (κ3) is 5.70. The average molecular weight is 356 g/mol. The number of hydrogen-bond donors (Lipinski definition) is 2. The molecule has 2 N–H and O–H groups in total. The number of aryl methyl sites for hydroxylation is 2. The first kappa shape index (κ1) is 19.7.